The van der Waals surface area contributed by atoms with E-state index in [0.29, 0.717) is 5.56 Å². The van der Waals surface area contributed by atoms with Gasteiger partial charge in [0.05, 0.1) is 10.0 Å². The fourth-order valence-corrected chi connectivity index (χ4v) is 5.43. The van der Waals surface area contributed by atoms with Gasteiger partial charge in [0, 0.05) is 48.9 Å². The highest BCUT2D eigenvalue weighted by atomic mass is 35.5. The van der Waals surface area contributed by atoms with Crippen LogP contribution in [0.2, 0.25) is 10.0 Å². The molecule has 1 aliphatic carbocycles. The molecule has 1 saturated carbocycles. The van der Waals surface area contributed by atoms with Gasteiger partial charge in [0.2, 0.25) is 5.91 Å². The van der Waals surface area contributed by atoms with Gasteiger partial charge in [0.15, 0.2) is 0 Å². The highest BCUT2D eigenvalue weighted by molar-refractivity contribution is 7.87. The maximum atomic E-state index is 13.2. The minimum Gasteiger partial charge on any atom is -0.379 e. The molecule has 0 heterocycles. The average Bonchev–Trinajstić information content (AvgIpc) is 2.79. The number of anilines is 1. The largest absolute Gasteiger partial charge is 0.379 e. The van der Waals surface area contributed by atoms with Gasteiger partial charge in [-0.1, -0.05) is 42.6 Å². The molecular formula is C26H34Cl2N2O4S. The maximum absolute atomic E-state index is 13.2. The van der Waals surface area contributed by atoms with Gasteiger partial charge in [-0.05, 0) is 64.3 Å². The molecule has 0 radical (unpaired) electrons. The third kappa shape index (κ3) is 6.43. The fraction of sp³-hybridized carbons (Fsp3) is 0.500. The van der Waals surface area contributed by atoms with Crippen molar-refractivity contribution >= 4 is 44.9 Å². The molecule has 0 N–H and O–H groups in total. The van der Waals surface area contributed by atoms with Crippen molar-refractivity contribution in [2.45, 2.75) is 70.9 Å². The molecule has 0 aromatic heterocycles. The van der Waals surface area contributed by atoms with Crippen LogP contribution in [0.3, 0.4) is 0 Å². The zero-order chi connectivity index (χ0) is 25.8. The molecule has 1 aliphatic rings. The van der Waals surface area contributed by atoms with E-state index in [9.17, 15) is 13.2 Å². The summed E-state index contributed by atoms with van der Waals surface area (Å²) >= 11 is 12.0. The Morgan fingerprint density at radius 2 is 1.74 bits per heavy atom. The second-order valence-corrected chi connectivity index (χ2v) is 11.3. The average molecular weight is 542 g/mol. The van der Waals surface area contributed by atoms with Crippen molar-refractivity contribution in [3.63, 3.8) is 0 Å². The van der Waals surface area contributed by atoms with Gasteiger partial charge in [-0.2, -0.15) is 8.42 Å². The molecule has 6 nitrogen and oxygen atoms in total. The summed E-state index contributed by atoms with van der Waals surface area (Å²) in [6.45, 7) is 9.92. The molecule has 1 fully saturated rings. The first kappa shape index (κ1) is 27.6. The molecule has 0 spiro atoms. The van der Waals surface area contributed by atoms with Crippen LogP contribution in [-0.2, 0) is 21.5 Å². The quantitative estimate of drug-likeness (QED) is 0.303. The highest BCUT2D eigenvalue weighted by Gasteiger charge is 2.32. The number of carbonyl (C=O) groups excluding carboxylic acids is 1. The van der Waals surface area contributed by atoms with E-state index in [1.807, 2.05) is 44.7 Å². The summed E-state index contributed by atoms with van der Waals surface area (Å²) in [5.41, 5.74) is 1.48. The van der Waals surface area contributed by atoms with Gasteiger partial charge < -0.3 is 14.0 Å². The van der Waals surface area contributed by atoms with Crippen LogP contribution in [0.1, 0.15) is 58.9 Å². The van der Waals surface area contributed by atoms with E-state index in [1.54, 1.807) is 6.07 Å². The number of rotatable bonds is 11. The number of amides is 1. The SMILES string of the molecule is CC[C@H](C)N(Cc1ccc(N(CC)CC)cc1OS(=O)(=O)c1ccc(Cl)c(Cl)c1)C(=O)C1CCC1. The van der Waals surface area contributed by atoms with Crippen molar-refractivity contribution < 1.29 is 17.4 Å². The second-order valence-electron chi connectivity index (χ2n) is 8.93. The highest BCUT2D eigenvalue weighted by Crippen LogP contribution is 2.34. The Hall–Kier alpha value is -1.96. The van der Waals surface area contributed by atoms with Gasteiger partial charge in [-0.25, -0.2) is 0 Å². The molecule has 3 rings (SSSR count). The van der Waals surface area contributed by atoms with Crippen molar-refractivity contribution in [3.05, 3.63) is 52.0 Å². The van der Waals surface area contributed by atoms with Gasteiger partial charge in [0.1, 0.15) is 10.6 Å². The van der Waals surface area contributed by atoms with Crippen molar-refractivity contribution in [3.8, 4) is 5.75 Å². The predicted octanol–water partition coefficient (Wildman–Crippen LogP) is 6.53. The van der Waals surface area contributed by atoms with Crippen LogP contribution in [0, 0.1) is 5.92 Å². The van der Waals surface area contributed by atoms with Crippen LogP contribution in [0.15, 0.2) is 41.3 Å². The van der Waals surface area contributed by atoms with Gasteiger partial charge in [-0.15, -0.1) is 0 Å². The molecule has 2 aromatic rings. The number of carbonyl (C=O) groups is 1. The fourth-order valence-electron chi connectivity index (χ4n) is 4.08. The Bertz CT molecular complexity index is 1150. The van der Waals surface area contributed by atoms with Crippen LogP contribution < -0.4 is 9.08 Å². The number of benzene rings is 2. The van der Waals surface area contributed by atoms with Crippen molar-refractivity contribution in [1.29, 1.82) is 0 Å². The lowest BCUT2D eigenvalue weighted by Gasteiger charge is -2.35. The van der Waals surface area contributed by atoms with Gasteiger partial charge >= 0.3 is 10.1 Å². The van der Waals surface area contributed by atoms with Crippen LogP contribution in [0.5, 0.6) is 5.75 Å². The van der Waals surface area contributed by atoms with Crippen LogP contribution >= 0.6 is 23.2 Å². The van der Waals surface area contributed by atoms with Gasteiger partial charge in [-0.3, -0.25) is 4.79 Å². The van der Waals surface area contributed by atoms with E-state index in [0.717, 1.165) is 44.5 Å². The molecular weight excluding hydrogens is 507 g/mol. The predicted molar refractivity (Wildman–Crippen MR) is 142 cm³/mol. The van der Waals surface area contributed by atoms with Crippen LogP contribution in [0.25, 0.3) is 0 Å². The monoisotopic (exact) mass is 540 g/mol. The topological polar surface area (TPSA) is 66.9 Å². The number of halogens is 2. The summed E-state index contributed by atoms with van der Waals surface area (Å²) in [5, 5.41) is 0.385. The molecule has 35 heavy (non-hydrogen) atoms. The molecule has 1 atom stereocenters. The minimum atomic E-state index is -4.19. The summed E-state index contributed by atoms with van der Waals surface area (Å²) in [5.74, 6) is 0.371. The van der Waals surface area contributed by atoms with Gasteiger partial charge in [0.25, 0.3) is 0 Å². The Kier molecular flexibility index (Phi) is 9.35. The van der Waals surface area contributed by atoms with Crippen LogP contribution in [-0.4, -0.2) is 38.4 Å². The zero-order valence-electron chi connectivity index (χ0n) is 20.8. The first-order valence-corrected chi connectivity index (χ1v) is 14.4. The van der Waals surface area contributed by atoms with Crippen molar-refractivity contribution in [1.82, 2.24) is 4.90 Å². The maximum Gasteiger partial charge on any atom is 0.339 e. The number of nitrogens with zero attached hydrogens (tertiary/aromatic N) is 2. The minimum absolute atomic E-state index is 0.0186. The molecule has 0 saturated heterocycles. The number of hydrogen-bond acceptors (Lipinski definition) is 5. The summed E-state index contributed by atoms with van der Waals surface area (Å²) in [7, 11) is -4.19. The molecule has 0 bridgehead atoms. The van der Waals surface area contributed by atoms with Crippen molar-refractivity contribution in [2.75, 3.05) is 18.0 Å². The molecule has 1 amide bonds. The molecule has 0 unspecified atom stereocenters. The summed E-state index contributed by atoms with van der Waals surface area (Å²) in [6.07, 6.45) is 3.68. The van der Waals surface area contributed by atoms with E-state index in [4.69, 9.17) is 27.4 Å². The standard InChI is InChI=1S/C26H34Cl2N2O4S/c1-5-18(4)30(26(31)19-9-8-10-19)17-20-11-12-21(29(6-2)7-3)15-25(20)34-35(32,33)22-13-14-23(27)24(28)16-22/h11-16,18-19H,5-10,17H2,1-4H3/t18-/m0/s1. The Morgan fingerprint density at radius 3 is 2.29 bits per heavy atom. The zero-order valence-corrected chi connectivity index (χ0v) is 23.1. The Morgan fingerprint density at radius 1 is 1.06 bits per heavy atom. The van der Waals surface area contributed by atoms with E-state index in [1.165, 1.54) is 18.2 Å². The Labute approximate surface area is 219 Å². The van der Waals surface area contributed by atoms with Crippen LogP contribution in [0.4, 0.5) is 5.69 Å². The molecule has 2 aromatic carbocycles. The van der Waals surface area contributed by atoms with E-state index >= 15 is 0 Å². The molecule has 0 aliphatic heterocycles. The first-order valence-electron chi connectivity index (χ1n) is 12.2. The second kappa shape index (κ2) is 11.8. The lowest BCUT2D eigenvalue weighted by Crippen LogP contribution is -2.43. The lowest BCUT2D eigenvalue weighted by molar-refractivity contribution is -0.141. The van der Waals surface area contributed by atoms with E-state index in [2.05, 4.69) is 4.90 Å². The third-order valence-electron chi connectivity index (χ3n) is 6.76. The number of hydrogen-bond donors (Lipinski definition) is 0. The normalized spacial score (nSPS) is 14.8. The molecule has 192 valence electrons. The Balaban J connectivity index is 2.01. The summed E-state index contributed by atoms with van der Waals surface area (Å²) in [6, 6.07) is 9.63. The summed E-state index contributed by atoms with van der Waals surface area (Å²) in [4.78, 5) is 17.1. The first-order chi connectivity index (χ1) is 16.6. The van der Waals surface area contributed by atoms with Crippen molar-refractivity contribution in [2.24, 2.45) is 5.92 Å². The lowest BCUT2D eigenvalue weighted by atomic mass is 9.84. The smallest absolute Gasteiger partial charge is 0.339 e. The third-order valence-corrected chi connectivity index (χ3v) is 8.73. The summed E-state index contributed by atoms with van der Waals surface area (Å²) < 4.78 is 32.1. The van der Waals surface area contributed by atoms with E-state index in [-0.39, 0.29) is 45.1 Å². The molecule has 9 heteroatoms. The van der Waals surface area contributed by atoms with E-state index < -0.39 is 10.1 Å².